The van der Waals surface area contributed by atoms with Crippen LogP contribution in [-0.4, -0.2) is 24.8 Å². The summed E-state index contributed by atoms with van der Waals surface area (Å²) in [7, 11) is 1.69. The first-order valence-corrected chi connectivity index (χ1v) is 4.36. The van der Waals surface area contributed by atoms with Crippen molar-refractivity contribution in [3.63, 3.8) is 0 Å². The second-order valence-electron chi connectivity index (χ2n) is 3.03. The monoisotopic (exact) mass is 204 g/mol. The summed E-state index contributed by atoms with van der Waals surface area (Å²) < 4.78 is 2.66. The van der Waals surface area contributed by atoms with Crippen molar-refractivity contribution in [3.05, 3.63) is 16.6 Å². The fraction of sp³-hybridized carbons (Fsp3) is 0.375. The quantitative estimate of drug-likeness (QED) is 0.654. The van der Waals surface area contributed by atoms with Crippen molar-refractivity contribution in [3.8, 4) is 6.07 Å². The molecule has 15 heavy (non-hydrogen) atoms. The Morgan fingerprint density at radius 1 is 1.60 bits per heavy atom. The van der Waals surface area contributed by atoms with Gasteiger partial charge in [0.25, 0.3) is 5.56 Å². The number of hydrogen-bond donors (Lipinski definition) is 0. The van der Waals surface area contributed by atoms with E-state index in [2.05, 4.69) is 15.4 Å². The van der Waals surface area contributed by atoms with Gasteiger partial charge in [0.2, 0.25) is 0 Å². The van der Waals surface area contributed by atoms with Gasteiger partial charge in [-0.3, -0.25) is 4.79 Å². The molecular formula is C8H8N6O. The fourth-order valence-corrected chi connectivity index (χ4v) is 1.28. The van der Waals surface area contributed by atoms with Crippen LogP contribution < -0.4 is 5.56 Å². The van der Waals surface area contributed by atoms with Crippen molar-refractivity contribution >= 4 is 11.0 Å². The zero-order chi connectivity index (χ0) is 10.8. The second kappa shape index (κ2) is 3.49. The van der Waals surface area contributed by atoms with Gasteiger partial charge in [-0.1, -0.05) is 5.21 Å². The Morgan fingerprint density at radius 2 is 2.40 bits per heavy atom. The summed E-state index contributed by atoms with van der Waals surface area (Å²) in [6, 6.07) is 1.95. The number of fused-ring (bicyclic) bond motifs is 1. The van der Waals surface area contributed by atoms with Crippen molar-refractivity contribution in [1.82, 2.24) is 24.8 Å². The summed E-state index contributed by atoms with van der Waals surface area (Å²) in [6.07, 6.45) is 1.69. The molecule has 0 saturated heterocycles. The lowest BCUT2D eigenvalue weighted by Crippen LogP contribution is -2.24. The van der Waals surface area contributed by atoms with Crippen molar-refractivity contribution < 1.29 is 0 Å². The molecule has 0 spiro atoms. The summed E-state index contributed by atoms with van der Waals surface area (Å²) in [5, 5.41) is 20.3. The van der Waals surface area contributed by atoms with Crippen LogP contribution in [0.25, 0.3) is 11.0 Å². The van der Waals surface area contributed by atoms with Gasteiger partial charge in [0.1, 0.15) is 5.39 Å². The third-order valence-corrected chi connectivity index (χ3v) is 2.06. The molecule has 0 aliphatic carbocycles. The van der Waals surface area contributed by atoms with E-state index in [0.29, 0.717) is 11.0 Å². The topological polar surface area (TPSA) is 89.4 Å². The van der Waals surface area contributed by atoms with Gasteiger partial charge >= 0.3 is 0 Å². The largest absolute Gasteiger partial charge is 0.280 e. The molecule has 7 nitrogen and oxygen atoms in total. The standard InChI is InChI=1S/C8H8N6O/c1-13-7-6(5-10-13)8(15)14(12-11-7)4-2-3-9/h5H,2,4H2,1H3. The molecule has 0 radical (unpaired) electrons. The minimum atomic E-state index is -0.261. The van der Waals surface area contributed by atoms with Gasteiger partial charge in [0.05, 0.1) is 25.2 Å². The smallest absolute Gasteiger partial charge is 0.267 e. The molecule has 0 saturated carbocycles. The molecule has 0 unspecified atom stereocenters. The molecule has 2 rings (SSSR count). The van der Waals surface area contributed by atoms with E-state index < -0.39 is 0 Å². The predicted molar refractivity (Wildman–Crippen MR) is 50.8 cm³/mol. The van der Waals surface area contributed by atoms with Crippen LogP contribution in [0.2, 0.25) is 0 Å². The fourth-order valence-electron chi connectivity index (χ4n) is 1.28. The summed E-state index contributed by atoms with van der Waals surface area (Å²) in [4.78, 5) is 11.7. The van der Waals surface area contributed by atoms with Crippen LogP contribution in [0, 0.1) is 11.3 Å². The number of rotatable bonds is 2. The van der Waals surface area contributed by atoms with E-state index in [1.54, 1.807) is 7.05 Å². The van der Waals surface area contributed by atoms with E-state index in [9.17, 15) is 4.79 Å². The first-order chi connectivity index (χ1) is 7.24. The van der Waals surface area contributed by atoms with Crippen LogP contribution in [-0.2, 0) is 13.6 Å². The predicted octanol–water partition coefficient (Wildman–Crippen LogP) is -0.561. The average molecular weight is 204 g/mol. The maximum absolute atomic E-state index is 11.7. The maximum atomic E-state index is 11.7. The van der Waals surface area contributed by atoms with Crippen LogP contribution >= 0.6 is 0 Å². The lowest BCUT2D eigenvalue weighted by molar-refractivity contribution is 0.555. The lowest BCUT2D eigenvalue weighted by Gasteiger charge is -1.98. The molecule has 2 aromatic heterocycles. The highest BCUT2D eigenvalue weighted by atomic mass is 16.1. The molecule has 0 atom stereocenters. The number of nitrogens with zero attached hydrogens (tertiary/aromatic N) is 6. The number of aryl methyl sites for hydroxylation is 2. The molecule has 2 aromatic rings. The van der Waals surface area contributed by atoms with Gasteiger partial charge in [-0.05, 0) is 0 Å². The second-order valence-corrected chi connectivity index (χ2v) is 3.03. The molecule has 0 aliphatic heterocycles. The zero-order valence-electron chi connectivity index (χ0n) is 8.08. The van der Waals surface area contributed by atoms with Crippen LogP contribution in [0.15, 0.2) is 11.0 Å². The lowest BCUT2D eigenvalue weighted by atomic mass is 10.4. The maximum Gasteiger partial charge on any atom is 0.280 e. The van der Waals surface area contributed by atoms with Crippen LogP contribution in [0.4, 0.5) is 0 Å². The van der Waals surface area contributed by atoms with Gasteiger partial charge in [-0.2, -0.15) is 10.4 Å². The minimum Gasteiger partial charge on any atom is -0.267 e. The summed E-state index contributed by atoms with van der Waals surface area (Å²) in [5.41, 5.74) is 0.191. The van der Waals surface area contributed by atoms with Crippen molar-refractivity contribution in [2.75, 3.05) is 0 Å². The third kappa shape index (κ3) is 1.46. The van der Waals surface area contributed by atoms with Gasteiger partial charge < -0.3 is 0 Å². The number of nitriles is 1. The van der Waals surface area contributed by atoms with Crippen molar-refractivity contribution in [2.45, 2.75) is 13.0 Å². The molecule has 0 aromatic carbocycles. The van der Waals surface area contributed by atoms with Gasteiger partial charge in [-0.25, -0.2) is 9.36 Å². The molecule has 0 aliphatic rings. The van der Waals surface area contributed by atoms with Gasteiger partial charge in [0.15, 0.2) is 5.65 Å². The van der Waals surface area contributed by atoms with Crippen molar-refractivity contribution in [2.24, 2.45) is 7.05 Å². The highest BCUT2D eigenvalue weighted by Gasteiger charge is 2.08. The molecule has 0 fully saturated rings. The first-order valence-electron chi connectivity index (χ1n) is 4.36. The molecule has 7 heteroatoms. The Hall–Kier alpha value is -2.23. The molecule has 2 heterocycles. The van der Waals surface area contributed by atoms with E-state index in [-0.39, 0.29) is 18.5 Å². The van der Waals surface area contributed by atoms with Crippen LogP contribution in [0.1, 0.15) is 6.42 Å². The van der Waals surface area contributed by atoms with Gasteiger partial charge in [-0.15, -0.1) is 5.10 Å². The highest BCUT2D eigenvalue weighted by molar-refractivity contribution is 5.72. The third-order valence-electron chi connectivity index (χ3n) is 2.06. The Kier molecular flexibility index (Phi) is 2.17. The summed E-state index contributed by atoms with van der Waals surface area (Å²) >= 11 is 0. The van der Waals surface area contributed by atoms with E-state index in [1.165, 1.54) is 15.6 Å². The molecule has 0 N–H and O–H groups in total. The highest BCUT2D eigenvalue weighted by Crippen LogP contribution is 2.01. The summed E-state index contributed by atoms with van der Waals surface area (Å²) in [6.45, 7) is 0.257. The first kappa shape index (κ1) is 9.33. The van der Waals surface area contributed by atoms with Crippen molar-refractivity contribution in [1.29, 1.82) is 5.26 Å². The van der Waals surface area contributed by atoms with E-state index in [1.807, 2.05) is 6.07 Å². The van der Waals surface area contributed by atoms with Crippen LogP contribution in [0.3, 0.4) is 0 Å². The minimum absolute atomic E-state index is 0.236. The van der Waals surface area contributed by atoms with Gasteiger partial charge in [0, 0.05) is 7.05 Å². The Balaban J connectivity index is 2.57. The van der Waals surface area contributed by atoms with Crippen LogP contribution in [0.5, 0.6) is 0 Å². The molecule has 0 amide bonds. The average Bonchev–Trinajstić information content (AvgIpc) is 2.61. The summed E-state index contributed by atoms with van der Waals surface area (Å²) in [5.74, 6) is 0. The normalized spacial score (nSPS) is 10.4. The molecule has 0 bridgehead atoms. The Labute approximate surface area is 84.5 Å². The molecular weight excluding hydrogens is 196 g/mol. The Morgan fingerprint density at radius 3 is 3.13 bits per heavy atom. The SMILES string of the molecule is Cn1ncc2c(=O)n(CCC#N)nnc21. The number of hydrogen-bond acceptors (Lipinski definition) is 5. The Bertz CT molecular complexity index is 589. The van der Waals surface area contributed by atoms with E-state index >= 15 is 0 Å². The van der Waals surface area contributed by atoms with E-state index in [0.717, 1.165) is 0 Å². The molecule has 76 valence electrons. The number of aromatic nitrogens is 5. The van der Waals surface area contributed by atoms with E-state index in [4.69, 9.17) is 5.26 Å². The zero-order valence-corrected chi connectivity index (χ0v) is 8.08.